The molecule has 3 aromatic rings. The second-order valence-electron chi connectivity index (χ2n) is 7.79. The van der Waals surface area contributed by atoms with Crippen LogP contribution in [-0.2, 0) is 16.6 Å². The van der Waals surface area contributed by atoms with Crippen molar-refractivity contribution < 1.29 is 27.1 Å². The van der Waals surface area contributed by atoms with E-state index in [1.54, 1.807) is 24.4 Å². The van der Waals surface area contributed by atoms with Crippen LogP contribution in [0.5, 0.6) is 11.5 Å². The molecule has 2 aromatic carbocycles. The van der Waals surface area contributed by atoms with E-state index >= 15 is 0 Å². The Morgan fingerprint density at radius 1 is 1.18 bits per heavy atom. The Bertz CT molecular complexity index is 1370. The van der Waals surface area contributed by atoms with Gasteiger partial charge in [-0.15, -0.1) is 0 Å². The standard InChI is InChI=1S/C23H18FN3O5S/c24-19-10-14(3-8-20(19)32-17-2-1-9-25-13-17)12-26-22(28)15-4-7-18-21(11-15)33(30,31)27(23(18)29)16-5-6-16/h1-4,7-11,13,16H,5-6,12H2,(H,26,28). The zero-order valence-electron chi connectivity index (χ0n) is 17.2. The molecule has 5 rings (SSSR count). The monoisotopic (exact) mass is 467 g/mol. The second-order valence-corrected chi connectivity index (χ2v) is 9.57. The topological polar surface area (TPSA) is 106 Å². The first-order chi connectivity index (χ1) is 15.8. The molecule has 0 radical (unpaired) electrons. The first kappa shape index (κ1) is 21.1. The van der Waals surface area contributed by atoms with Crippen molar-refractivity contribution in [3.8, 4) is 11.5 Å². The van der Waals surface area contributed by atoms with E-state index in [4.69, 9.17) is 4.74 Å². The molecular weight excluding hydrogens is 449 g/mol. The highest BCUT2D eigenvalue weighted by molar-refractivity contribution is 7.90. The number of carbonyl (C=O) groups excluding carboxylic acids is 2. The van der Waals surface area contributed by atoms with E-state index in [9.17, 15) is 22.4 Å². The molecule has 168 valence electrons. The smallest absolute Gasteiger partial charge is 0.269 e. The number of nitrogens with one attached hydrogen (secondary N) is 1. The molecule has 0 saturated heterocycles. The predicted octanol–water partition coefficient (Wildman–Crippen LogP) is 3.25. The second kappa shape index (κ2) is 7.96. The zero-order valence-corrected chi connectivity index (χ0v) is 18.0. The van der Waals surface area contributed by atoms with Crippen LogP contribution < -0.4 is 10.1 Å². The number of halogens is 1. The molecule has 1 aromatic heterocycles. The highest BCUT2D eigenvalue weighted by atomic mass is 32.2. The fourth-order valence-corrected chi connectivity index (χ4v) is 5.46. The fraction of sp³-hybridized carbons (Fsp3) is 0.174. The van der Waals surface area contributed by atoms with Gasteiger partial charge in [-0.05, 0) is 60.9 Å². The summed E-state index contributed by atoms with van der Waals surface area (Å²) in [4.78, 5) is 28.8. The summed E-state index contributed by atoms with van der Waals surface area (Å²) in [5.41, 5.74) is 0.660. The Hall–Kier alpha value is -3.79. The van der Waals surface area contributed by atoms with Gasteiger partial charge >= 0.3 is 0 Å². The van der Waals surface area contributed by atoms with E-state index in [2.05, 4.69) is 10.3 Å². The predicted molar refractivity (Wildman–Crippen MR) is 115 cm³/mol. The Morgan fingerprint density at radius 3 is 2.70 bits per heavy atom. The van der Waals surface area contributed by atoms with Gasteiger partial charge in [-0.2, -0.15) is 0 Å². The number of fused-ring (bicyclic) bond motifs is 1. The summed E-state index contributed by atoms with van der Waals surface area (Å²) < 4.78 is 46.3. The minimum Gasteiger partial charge on any atom is -0.453 e. The van der Waals surface area contributed by atoms with Gasteiger partial charge < -0.3 is 10.1 Å². The lowest BCUT2D eigenvalue weighted by atomic mass is 10.1. The summed E-state index contributed by atoms with van der Waals surface area (Å²) >= 11 is 0. The molecule has 1 aliphatic heterocycles. The van der Waals surface area contributed by atoms with Crippen molar-refractivity contribution in [3.05, 3.63) is 83.4 Å². The van der Waals surface area contributed by atoms with Gasteiger partial charge in [-0.25, -0.2) is 17.1 Å². The number of rotatable bonds is 6. The molecule has 0 atom stereocenters. The highest BCUT2D eigenvalue weighted by Gasteiger charge is 2.48. The normalized spacial score (nSPS) is 16.4. The van der Waals surface area contributed by atoms with Crippen LogP contribution in [0.3, 0.4) is 0 Å². The Labute approximate surface area is 189 Å². The maximum atomic E-state index is 14.4. The van der Waals surface area contributed by atoms with E-state index in [0.29, 0.717) is 24.2 Å². The molecule has 2 amide bonds. The van der Waals surface area contributed by atoms with Crippen molar-refractivity contribution in [2.24, 2.45) is 0 Å². The maximum Gasteiger partial charge on any atom is 0.269 e. The summed E-state index contributed by atoms with van der Waals surface area (Å²) in [5, 5.41) is 2.64. The van der Waals surface area contributed by atoms with E-state index in [1.165, 1.54) is 36.5 Å². The van der Waals surface area contributed by atoms with Crippen molar-refractivity contribution in [2.45, 2.75) is 30.3 Å². The molecule has 2 heterocycles. The van der Waals surface area contributed by atoms with Crippen LogP contribution in [-0.4, -0.2) is 35.6 Å². The lowest BCUT2D eigenvalue weighted by Gasteiger charge is -2.13. The van der Waals surface area contributed by atoms with Gasteiger partial charge in [-0.3, -0.25) is 14.6 Å². The van der Waals surface area contributed by atoms with Gasteiger partial charge in [0.2, 0.25) is 0 Å². The van der Waals surface area contributed by atoms with Gasteiger partial charge in [0.1, 0.15) is 10.6 Å². The summed E-state index contributed by atoms with van der Waals surface area (Å²) in [6.07, 6.45) is 4.33. The number of nitrogens with zero attached hydrogens (tertiary/aromatic N) is 2. The van der Waals surface area contributed by atoms with Gasteiger partial charge in [0.05, 0.1) is 11.8 Å². The van der Waals surface area contributed by atoms with Crippen molar-refractivity contribution in [3.63, 3.8) is 0 Å². The Balaban J connectivity index is 1.28. The van der Waals surface area contributed by atoms with Gasteiger partial charge in [0, 0.05) is 24.3 Å². The average molecular weight is 467 g/mol. The molecule has 1 aliphatic carbocycles. The number of sulfonamides is 1. The first-order valence-electron chi connectivity index (χ1n) is 10.2. The molecule has 2 aliphatic rings. The third kappa shape index (κ3) is 3.93. The van der Waals surface area contributed by atoms with E-state index in [-0.39, 0.29) is 34.4 Å². The maximum absolute atomic E-state index is 14.4. The lowest BCUT2D eigenvalue weighted by Crippen LogP contribution is -2.32. The van der Waals surface area contributed by atoms with Gasteiger partial charge in [-0.1, -0.05) is 6.07 Å². The van der Waals surface area contributed by atoms with Gasteiger partial charge in [0.25, 0.3) is 21.8 Å². The first-order valence-corrected chi connectivity index (χ1v) is 11.7. The summed E-state index contributed by atoms with van der Waals surface area (Å²) in [6.45, 7) is 0.0138. The SMILES string of the molecule is O=C(NCc1ccc(Oc2cccnc2)c(F)c1)c1ccc2c(c1)S(=O)(=O)N(C1CC1)C2=O. The molecule has 1 fully saturated rings. The summed E-state index contributed by atoms with van der Waals surface area (Å²) in [5.74, 6) is -1.28. The van der Waals surface area contributed by atoms with Crippen LogP contribution in [0, 0.1) is 5.82 Å². The van der Waals surface area contributed by atoms with Crippen molar-refractivity contribution in [1.29, 1.82) is 0 Å². The minimum absolute atomic E-state index is 0.0138. The van der Waals surface area contributed by atoms with Gasteiger partial charge in [0.15, 0.2) is 11.6 Å². The van der Waals surface area contributed by atoms with E-state index < -0.39 is 27.7 Å². The number of hydrogen-bond donors (Lipinski definition) is 1. The molecule has 1 saturated carbocycles. The third-order valence-corrected chi connectivity index (χ3v) is 7.28. The number of aromatic nitrogens is 1. The molecule has 8 nitrogen and oxygen atoms in total. The molecule has 0 bridgehead atoms. The lowest BCUT2D eigenvalue weighted by molar-refractivity contribution is 0.0863. The number of amides is 2. The van der Waals surface area contributed by atoms with Crippen LogP contribution in [0.25, 0.3) is 0 Å². The number of ether oxygens (including phenoxy) is 1. The fourth-order valence-electron chi connectivity index (χ4n) is 3.61. The summed E-state index contributed by atoms with van der Waals surface area (Å²) in [7, 11) is -3.96. The van der Waals surface area contributed by atoms with E-state index in [1.807, 2.05) is 0 Å². The van der Waals surface area contributed by atoms with E-state index in [0.717, 1.165) is 4.31 Å². The third-order valence-electron chi connectivity index (χ3n) is 5.40. The molecular formula is C23H18FN3O5S. The Morgan fingerprint density at radius 2 is 2.00 bits per heavy atom. The molecule has 0 unspecified atom stereocenters. The van der Waals surface area contributed by atoms with Crippen molar-refractivity contribution in [2.75, 3.05) is 0 Å². The van der Waals surface area contributed by atoms with Crippen molar-refractivity contribution in [1.82, 2.24) is 14.6 Å². The number of carbonyl (C=O) groups is 2. The number of hydrogen-bond acceptors (Lipinski definition) is 6. The highest BCUT2D eigenvalue weighted by Crippen LogP contribution is 2.39. The largest absolute Gasteiger partial charge is 0.453 e. The molecule has 0 spiro atoms. The zero-order chi connectivity index (χ0) is 23.2. The Kier molecular flexibility index (Phi) is 5.09. The van der Waals surface area contributed by atoms with Crippen LogP contribution in [0.1, 0.15) is 39.1 Å². The van der Waals surface area contributed by atoms with Crippen molar-refractivity contribution >= 4 is 21.8 Å². The van der Waals surface area contributed by atoms with Crippen LogP contribution in [0.2, 0.25) is 0 Å². The number of pyridine rings is 1. The molecule has 10 heteroatoms. The molecule has 1 N–H and O–H groups in total. The van der Waals surface area contributed by atoms with Crippen LogP contribution in [0.4, 0.5) is 4.39 Å². The van der Waals surface area contributed by atoms with Crippen LogP contribution >= 0.6 is 0 Å². The summed E-state index contributed by atoms with van der Waals surface area (Å²) in [6, 6.07) is 11.3. The quantitative estimate of drug-likeness (QED) is 0.597. The number of benzene rings is 2. The minimum atomic E-state index is -3.96. The average Bonchev–Trinajstić information content (AvgIpc) is 3.61. The van der Waals surface area contributed by atoms with Crippen LogP contribution in [0.15, 0.2) is 65.8 Å². The molecule has 33 heavy (non-hydrogen) atoms.